The molecule has 6 atom stereocenters. The van der Waals surface area contributed by atoms with Crippen LogP contribution in [0.1, 0.15) is 65.4 Å². The lowest BCUT2D eigenvalue weighted by molar-refractivity contribution is -0.226. The van der Waals surface area contributed by atoms with Crippen LogP contribution in [0.2, 0.25) is 0 Å². The fraction of sp³-hybridized carbons (Fsp3) is 0.692. The number of ketones is 1. The number of aliphatic hydroxyl groups is 1. The normalized spacial score (nSPS) is 31.2. The molecule has 0 bridgehead atoms. The quantitative estimate of drug-likeness (QED) is 0.615. The highest BCUT2D eigenvalue weighted by molar-refractivity contribution is 5.88. The lowest BCUT2D eigenvalue weighted by Crippen LogP contribution is -2.55. The van der Waals surface area contributed by atoms with Gasteiger partial charge in [-0.05, 0) is 70.4 Å². The minimum Gasteiger partial charge on any atom is -0.461 e. The third-order valence-corrected chi connectivity index (χ3v) is 7.12. The molecule has 1 N–H and O–H groups in total. The summed E-state index contributed by atoms with van der Waals surface area (Å²) in [7, 11) is 0. The third-order valence-electron chi connectivity index (χ3n) is 7.12. The SMILES string of the molecule is CCC(Cc1ccccc1)C(C)OC(=O)C1CCCN1CC1(O)OC(C)CCC(C)C1=O. The van der Waals surface area contributed by atoms with Gasteiger partial charge in [-0.2, -0.15) is 0 Å². The first-order chi connectivity index (χ1) is 15.2. The first-order valence-corrected chi connectivity index (χ1v) is 12.2. The van der Waals surface area contributed by atoms with Crippen molar-refractivity contribution in [1.82, 2.24) is 4.90 Å². The van der Waals surface area contributed by atoms with Crippen molar-refractivity contribution in [3.63, 3.8) is 0 Å². The summed E-state index contributed by atoms with van der Waals surface area (Å²) in [5.74, 6) is -2.46. The van der Waals surface area contributed by atoms with Crippen molar-refractivity contribution < 1.29 is 24.2 Å². The minimum absolute atomic E-state index is 0.00980. The van der Waals surface area contributed by atoms with Crippen LogP contribution in [0, 0.1) is 11.8 Å². The molecule has 0 spiro atoms. The van der Waals surface area contributed by atoms with Crippen LogP contribution in [-0.4, -0.2) is 58.9 Å². The van der Waals surface area contributed by atoms with E-state index in [1.807, 2.05) is 43.9 Å². The Bertz CT molecular complexity index is 769. The van der Waals surface area contributed by atoms with Crippen LogP contribution in [0.25, 0.3) is 0 Å². The van der Waals surface area contributed by atoms with Crippen molar-refractivity contribution in [1.29, 1.82) is 0 Å². The predicted octanol–water partition coefficient (Wildman–Crippen LogP) is 3.74. The number of ether oxygens (including phenoxy) is 2. The highest BCUT2D eigenvalue weighted by atomic mass is 16.6. The van der Waals surface area contributed by atoms with E-state index in [1.54, 1.807) is 0 Å². The third kappa shape index (κ3) is 5.97. The lowest BCUT2D eigenvalue weighted by Gasteiger charge is -2.35. The summed E-state index contributed by atoms with van der Waals surface area (Å²) in [4.78, 5) is 27.8. The number of benzene rings is 1. The molecular formula is C26H39NO5. The summed E-state index contributed by atoms with van der Waals surface area (Å²) in [6.07, 6.45) is 4.28. The summed E-state index contributed by atoms with van der Waals surface area (Å²) in [6, 6.07) is 9.79. The Morgan fingerprint density at radius 1 is 1.25 bits per heavy atom. The second kappa shape index (κ2) is 10.9. The molecule has 0 amide bonds. The van der Waals surface area contributed by atoms with Crippen LogP contribution in [0.4, 0.5) is 0 Å². The molecule has 2 fully saturated rings. The predicted molar refractivity (Wildman–Crippen MR) is 123 cm³/mol. The molecule has 0 aromatic heterocycles. The van der Waals surface area contributed by atoms with Gasteiger partial charge in [0.25, 0.3) is 0 Å². The number of nitrogens with zero attached hydrogens (tertiary/aromatic N) is 1. The summed E-state index contributed by atoms with van der Waals surface area (Å²) < 4.78 is 11.7. The van der Waals surface area contributed by atoms with Crippen molar-refractivity contribution in [2.75, 3.05) is 13.1 Å². The fourth-order valence-electron chi connectivity index (χ4n) is 5.04. The maximum atomic E-state index is 13.1. The highest BCUT2D eigenvalue weighted by Gasteiger charge is 2.47. The number of carbonyl (C=O) groups is 2. The monoisotopic (exact) mass is 445 g/mol. The molecule has 2 saturated heterocycles. The minimum atomic E-state index is -1.87. The van der Waals surface area contributed by atoms with Gasteiger partial charge in [0.1, 0.15) is 12.1 Å². The van der Waals surface area contributed by atoms with E-state index >= 15 is 0 Å². The Morgan fingerprint density at radius 2 is 1.97 bits per heavy atom. The summed E-state index contributed by atoms with van der Waals surface area (Å²) >= 11 is 0. The molecule has 6 nitrogen and oxygen atoms in total. The van der Waals surface area contributed by atoms with E-state index in [4.69, 9.17) is 9.47 Å². The number of hydrogen-bond donors (Lipinski definition) is 1. The summed E-state index contributed by atoms with van der Waals surface area (Å²) in [5, 5.41) is 11.1. The molecule has 1 aromatic rings. The first-order valence-electron chi connectivity index (χ1n) is 12.2. The topological polar surface area (TPSA) is 76.1 Å². The standard InChI is InChI=1S/C26H39NO5/c1-5-22(16-21-10-7-6-8-11-21)20(4)31-25(29)23-12-9-15-27(23)17-26(30)24(28)18(2)13-14-19(3)32-26/h6-8,10-11,18-20,22-23,30H,5,9,12-17H2,1-4H3. The zero-order chi connectivity index (χ0) is 23.3. The Balaban J connectivity index is 1.63. The van der Waals surface area contributed by atoms with Crippen LogP contribution in [0.5, 0.6) is 0 Å². The van der Waals surface area contributed by atoms with E-state index < -0.39 is 11.8 Å². The molecule has 178 valence electrons. The van der Waals surface area contributed by atoms with Crippen LogP contribution >= 0.6 is 0 Å². The van der Waals surface area contributed by atoms with Gasteiger partial charge in [-0.3, -0.25) is 14.5 Å². The number of Topliss-reactive ketones (excluding diaryl/α,β-unsaturated/α-hetero) is 1. The number of carbonyl (C=O) groups excluding carboxylic acids is 2. The van der Waals surface area contributed by atoms with Crippen LogP contribution < -0.4 is 0 Å². The number of rotatable bonds is 8. The molecular weight excluding hydrogens is 406 g/mol. The molecule has 32 heavy (non-hydrogen) atoms. The van der Waals surface area contributed by atoms with Gasteiger partial charge >= 0.3 is 5.97 Å². The molecule has 0 saturated carbocycles. The summed E-state index contributed by atoms with van der Waals surface area (Å²) in [6.45, 7) is 8.44. The van der Waals surface area contributed by atoms with Gasteiger partial charge in [0.05, 0.1) is 12.6 Å². The molecule has 2 heterocycles. The van der Waals surface area contributed by atoms with Gasteiger partial charge in [0.15, 0.2) is 5.78 Å². The van der Waals surface area contributed by atoms with Crippen molar-refractivity contribution in [2.45, 2.75) is 90.3 Å². The van der Waals surface area contributed by atoms with E-state index in [1.165, 1.54) is 5.56 Å². The van der Waals surface area contributed by atoms with Gasteiger partial charge in [-0.25, -0.2) is 0 Å². The second-order valence-corrected chi connectivity index (χ2v) is 9.68. The Kier molecular flexibility index (Phi) is 8.48. The van der Waals surface area contributed by atoms with E-state index in [9.17, 15) is 14.7 Å². The molecule has 6 heteroatoms. The van der Waals surface area contributed by atoms with Crippen molar-refractivity contribution >= 4 is 11.8 Å². The van der Waals surface area contributed by atoms with Gasteiger partial charge in [0, 0.05) is 5.92 Å². The van der Waals surface area contributed by atoms with E-state index in [0.29, 0.717) is 19.4 Å². The molecule has 1 aromatic carbocycles. The highest BCUT2D eigenvalue weighted by Crippen LogP contribution is 2.30. The number of hydrogen-bond acceptors (Lipinski definition) is 6. The smallest absolute Gasteiger partial charge is 0.323 e. The lowest BCUT2D eigenvalue weighted by atomic mass is 9.92. The van der Waals surface area contributed by atoms with E-state index in [0.717, 1.165) is 25.7 Å². The van der Waals surface area contributed by atoms with Crippen LogP contribution in [0.15, 0.2) is 30.3 Å². The van der Waals surface area contributed by atoms with Crippen molar-refractivity contribution in [2.24, 2.45) is 11.8 Å². The number of β-amino-alcohol motifs (C(OH)–C–C–N with tert-alkyl or cyclic N) is 1. The summed E-state index contributed by atoms with van der Waals surface area (Å²) in [5.41, 5.74) is 1.24. The van der Waals surface area contributed by atoms with Gasteiger partial charge in [-0.15, -0.1) is 0 Å². The van der Waals surface area contributed by atoms with Gasteiger partial charge in [-0.1, -0.05) is 44.2 Å². The average Bonchev–Trinajstić information content (AvgIpc) is 3.20. The van der Waals surface area contributed by atoms with Gasteiger partial charge in [0.2, 0.25) is 5.79 Å². The Labute approximate surface area is 192 Å². The number of esters is 1. The maximum Gasteiger partial charge on any atom is 0.323 e. The first kappa shape index (κ1) is 24.9. The largest absolute Gasteiger partial charge is 0.461 e. The zero-order valence-corrected chi connectivity index (χ0v) is 20.0. The molecule has 0 aliphatic carbocycles. The molecule has 2 aliphatic rings. The van der Waals surface area contributed by atoms with E-state index in [-0.39, 0.29) is 42.3 Å². The van der Waals surface area contributed by atoms with Crippen LogP contribution in [0.3, 0.4) is 0 Å². The molecule has 6 unspecified atom stereocenters. The molecule has 2 aliphatic heterocycles. The maximum absolute atomic E-state index is 13.1. The van der Waals surface area contributed by atoms with Crippen molar-refractivity contribution in [3.05, 3.63) is 35.9 Å². The zero-order valence-electron chi connectivity index (χ0n) is 20.0. The van der Waals surface area contributed by atoms with Gasteiger partial charge < -0.3 is 14.6 Å². The van der Waals surface area contributed by atoms with Crippen LogP contribution in [-0.2, 0) is 25.5 Å². The molecule has 0 radical (unpaired) electrons. The Hall–Kier alpha value is -1.76. The number of likely N-dealkylation sites (tertiary alicyclic amines) is 1. The second-order valence-electron chi connectivity index (χ2n) is 9.68. The fourth-order valence-corrected chi connectivity index (χ4v) is 5.04. The van der Waals surface area contributed by atoms with Crippen molar-refractivity contribution in [3.8, 4) is 0 Å². The molecule has 3 rings (SSSR count). The van der Waals surface area contributed by atoms with E-state index in [2.05, 4.69) is 19.1 Å². The average molecular weight is 446 g/mol. The Morgan fingerprint density at radius 3 is 2.66 bits per heavy atom.